The molecule has 0 bridgehead atoms. The van der Waals surface area contributed by atoms with Crippen LogP contribution in [0.1, 0.15) is 5.56 Å². The number of nitrogens with zero attached hydrogens (tertiary/aromatic N) is 2. The van der Waals surface area contributed by atoms with E-state index in [1.165, 1.54) is 0 Å². The summed E-state index contributed by atoms with van der Waals surface area (Å²) in [5.74, 6) is 0.125. The summed E-state index contributed by atoms with van der Waals surface area (Å²) in [6, 6.07) is 6.98. The van der Waals surface area contributed by atoms with E-state index in [1.54, 1.807) is 18.2 Å². The molecular formula is C8H3BN2O. The molecule has 0 atom stereocenters. The van der Waals surface area contributed by atoms with Crippen LogP contribution in [0.4, 0.5) is 0 Å². The maximum absolute atomic E-state index is 8.56. The summed E-state index contributed by atoms with van der Waals surface area (Å²) in [5.41, 5.74) is 1.76. The van der Waals surface area contributed by atoms with Crippen molar-refractivity contribution in [1.29, 1.82) is 5.26 Å². The second kappa shape index (κ2) is 2.38. The normalized spacial score (nSPS) is 9.92. The van der Waals surface area contributed by atoms with E-state index >= 15 is 0 Å². The molecule has 2 aromatic rings. The maximum atomic E-state index is 8.56. The fourth-order valence-corrected chi connectivity index (χ4v) is 1.01. The van der Waals surface area contributed by atoms with E-state index in [0.717, 1.165) is 0 Å². The molecule has 1 aromatic heterocycles. The van der Waals surface area contributed by atoms with Crippen molar-refractivity contribution in [2.75, 3.05) is 0 Å². The van der Waals surface area contributed by atoms with Crippen molar-refractivity contribution in [1.82, 2.24) is 4.98 Å². The van der Waals surface area contributed by atoms with Gasteiger partial charge in [0.15, 0.2) is 13.4 Å². The van der Waals surface area contributed by atoms with Gasteiger partial charge in [0.2, 0.25) is 0 Å². The van der Waals surface area contributed by atoms with E-state index in [2.05, 4.69) is 4.98 Å². The standard InChI is InChI=1S/C8H3BN2O/c9-8-11-6-2-1-5(4-10)3-7(6)12-8/h1-3H. The smallest absolute Gasteiger partial charge is 0.197 e. The lowest BCUT2D eigenvalue weighted by molar-refractivity contribution is 0.644. The van der Waals surface area contributed by atoms with Gasteiger partial charge in [-0.2, -0.15) is 5.26 Å². The van der Waals surface area contributed by atoms with Gasteiger partial charge in [-0.15, -0.1) is 0 Å². The van der Waals surface area contributed by atoms with Crippen LogP contribution >= 0.6 is 0 Å². The molecule has 0 fully saturated rings. The first-order valence-corrected chi connectivity index (χ1v) is 3.36. The van der Waals surface area contributed by atoms with Gasteiger partial charge in [0, 0.05) is 6.07 Å². The van der Waals surface area contributed by atoms with Gasteiger partial charge in [0.25, 0.3) is 0 Å². The van der Waals surface area contributed by atoms with E-state index in [-0.39, 0.29) is 5.79 Å². The minimum atomic E-state index is 0.125. The van der Waals surface area contributed by atoms with Crippen LogP contribution in [-0.2, 0) is 0 Å². The third-order valence-electron chi connectivity index (χ3n) is 1.53. The summed E-state index contributed by atoms with van der Waals surface area (Å²) in [6.07, 6.45) is 0. The molecule has 3 nitrogen and oxygen atoms in total. The number of hydrogen-bond acceptors (Lipinski definition) is 3. The summed E-state index contributed by atoms with van der Waals surface area (Å²) < 4.78 is 5.03. The third kappa shape index (κ3) is 0.959. The van der Waals surface area contributed by atoms with Gasteiger partial charge in [0.1, 0.15) is 11.3 Å². The third-order valence-corrected chi connectivity index (χ3v) is 1.53. The minimum absolute atomic E-state index is 0.125. The molecule has 0 aliphatic carbocycles. The van der Waals surface area contributed by atoms with Crippen LogP contribution in [0.5, 0.6) is 0 Å². The summed E-state index contributed by atoms with van der Waals surface area (Å²) in [7, 11) is 5.32. The Morgan fingerprint density at radius 1 is 1.50 bits per heavy atom. The highest BCUT2D eigenvalue weighted by Crippen LogP contribution is 2.11. The molecule has 1 aromatic carbocycles. The van der Waals surface area contributed by atoms with Crippen LogP contribution in [0.3, 0.4) is 0 Å². The summed E-state index contributed by atoms with van der Waals surface area (Å²) in [6.45, 7) is 0. The van der Waals surface area contributed by atoms with Crippen LogP contribution in [0.2, 0.25) is 0 Å². The van der Waals surface area contributed by atoms with Crippen molar-refractivity contribution < 1.29 is 4.42 Å². The number of aromatic nitrogens is 1. The van der Waals surface area contributed by atoms with Crippen LogP contribution in [-0.4, -0.2) is 12.8 Å². The van der Waals surface area contributed by atoms with Gasteiger partial charge >= 0.3 is 0 Å². The highest BCUT2D eigenvalue weighted by Gasteiger charge is 2.01. The van der Waals surface area contributed by atoms with Gasteiger partial charge < -0.3 is 4.42 Å². The predicted octanol–water partition coefficient (Wildman–Crippen LogP) is 0.493. The molecule has 0 N–H and O–H groups in total. The lowest BCUT2D eigenvalue weighted by atomic mass is 10.2. The largest absolute Gasteiger partial charge is 0.452 e. The minimum Gasteiger partial charge on any atom is -0.452 e. The van der Waals surface area contributed by atoms with Crippen LogP contribution in [0, 0.1) is 11.3 Å². The maximum Gasteiger partial charge on any atom is 0.197 e. The van der Waals surface area contributed by atoms with Crippen molar-refractivity contribution in [3.8, 4) is 6.07 Å². The van der Waals surface area contributed by atoms with E-state index < -0.39 is 0 Å². The van der Waals surface area contributed by atoms with Crippen molar-refractivity contribution in [3.05, 3.63) is 23.8 Å². The second-order valence-electron chi connectivity index (χ2n) is 2.35. The molecule has 4 heteroatoms. The van der Waals surface area contributed by atoms with Gasteiger partial charge in [-0.05, 0) is 12.1 Å². The monoisotopic (exact) mass is 154 g/mol. The number of fused-ring (bicyclic) bond motifs is 1. The Morgan fingerprint density at radius 2 is 2.33 bits per heavy atom. The number of nitriles is 1. The molecule has 1 heterocycles. The number of benzene rings is 1. The highest BCUT2D eigenvalue weighted by molar-refractivity contribution is 6.28. The second-order valence-corrected chi connectivity index (χ2v) is 2.35. The van der Waals surface area contributed by atoms with Gasteiger partial charge in [-0.1, -0.05) is 0 Å². The first-order chi connectivity index (χ1) is 5.79. The van der Waals surface area contributed by atoms with E-state index in [4.69, 9.17) is 17.5 Å². The zero-order valence-electron chi connectivity index (χ0n) is 6.11. The van der Waals surface area contributed by atoms with E-state index in [9.17, 15) is 0 Å². The molecular weight excluding hydrogens is 151 g/mol. The van der Waals surface area contributed by atoms with Gasteiger partial charge in [-0.3, -0.25) is 0 Å². The lowest BCUT2D eigenvalue weighted by Crippen LogP contribution is -1.99. The van der Waals surface area contributed by atoms with Crippen LogP contribution < -0.4 is 5.79 Å². The predicted molar refractivity (Wildman–Crippen MR) is 44.1 cm³/mol. The zero-order chi connectivity index (χ0) is 8.55. The molecule has 54 valence electrons. The summed E-state index contributed by atoms with van der Waals surface area (Å²) in [4.78, 5) is 3.89. The average molecular weight is 154 g/mol. The van der Waals surface area contributed by atoms with Gasteiger partial charge in [0.05, 0.1) is 11.6 Å². The van der Waals surface area contributed by atoms with Crippen molar-refractivity contribution in [3.63, 3.8) is 0 Å². The quantitative estimate of drug-likeness (QED) is 0.519. The Labute approximate surface area is 70.0 Å². The number of rotatable bonds is 0. The fraction of sp³-hybridized carbons (Fsp3) is 0. The Hall–Kier alpha value is -1.76. The van der Waals surface area contributed by atoms with Crippen molar-refractivity contribution in [2.24, 2.45) is 0 Å². The van der Waals surface area contributed by atoms with E-state index in [1.807, 2.05) is 6.07 Å². The van der Waals surface area contributed by atoms with Crippen LogP contribution in [0.15, 0.2) is 22.6 Å². The first kappa shape index (κ1) is 6.92. The highest BCUT2D eigenvalue weighted by atomic mass is 16.3. The molecule has 0 saturated carbocycles. The first-order valence-electron chi connectivity index (χ1n) is 3.36. The molecule has 0 unspecified atom stereocenters. The Bertz CT molecular complexity index is 469. The molecule has 0 aliphatic rings. The van der Waals surface area contributed by atoms with Crippen molar-refractivity contribution >= 4 is 24.7 Å². The molecule has 0 aliphatic heterocycles. The summed E-state index contributed by atoms with van der Waals surface area (Å²) in [5, 5.41) is 8.56. The molecule has 2 rings (SSSR count). The molecule has 0 saturated heterocycles. The number of oxazole rings is 1. The Morgan fingerprint density at radius 3 is 3.08 bits per heavy atom. The molecule has 0 spiro atoms. The molecule has 12 heavy (non-hydrogen) atoms. The van der Waals surface area contributed by atoms with Gasteiger partial charge in [-0.25, -0.2) is 4.98 Å². The number of hydrogen-bond donors (Lipinski definition) is 0. The van der Waals surface area contributed by atoms with Crippen molar-refractivity contribution in [2.45, 2.75) is 0 Å². The topological polar surface area (TPSA) is 49.8 Å². The Balaban J connectivity index is 2.77. The average Bonchev–Trinajstić information content (AvgIpc) is 2.43. The summed E-state index contributed by atoms with van der Waals surface area (Å²) >= 11 is 0. The van der Waals surface area contributed by atoms with Crippen LogP contribution in [0.25, 0.3) is 11.1 Å². The molecule has 2 radical (unpaired) electrons. The zero-order valence-corrected chi connectivity index (χ0v) is 6.11. The van der Waals surface area contributed by atoms with E-state index in [0.29, 0.717) is 16.7 Å². The lowest BCUT2D eigenvalue weighted by Gasteiger charge is -1.85. The SMILES string of the molecule is [B]c1nc2ccc(C#N)cc2o1. The fourth-order valence-electron chi connectivity index (χ4n) is 1.01. The Kier molecular flexibility index (Phi) is 1.37. The molecule has 0 amide bonds.